The number of nitrogens with zero attached hydrogens (tertiary/aromatic N) is 1. The molecule has 1 fully saturated rings. The molecule has 1 unspecified atom stereocenters. The van der Waals surface area contributed by atoms with Crippen molar-refractivity contribution >= 4 is 0 Å². The van der Waals surface area contributed by atoms with Gasteiger partial charge in [0.2, 0.25) is 0 Å². The van der Waals surface area contributed by atoms with E-state index in [2.05, 4.69) is 17.1 Å². The minimum absolute atomic E-state index is 0.120. The van der Waals surface area contributed by atoms with Crippen molar-refractivity contribution < 1.29 is 9.84 Å². The van der Waals surface area contributed by atoms with E-state index in [-0.39, 0.29) is 6.61 Å². The molecule has 2 N–H and O–H groups in total. The van der Waals surface area contributed by atoms with Crippen LogP contribution in [0.3, 0.4) is 0 Å². The Morgan fingerprint density at radius 1 is 1.31 bits per heavy atom. The molecule has 0 aromatic rings. The molecule has 1 heterocycles. The largest absolute Gasteiger partial charge is 0.394 e. The maximum absolute atomic E-state index is 8.56. The van der Waals surface area contributed by atoms with Gasteiger partial charge in [0.25, 0.3) is 0 Å². The fourth-order valence-electron chi connectivity index (χ4n) is 2.18. The molecule has 4 nitrogen and oxygen atoms in total. The highest BCUT2D eigenvalue weighted by Gasteiger charge is 2.14. The van der Waals surface area contributed by atoms with Crippen LogP contribution in [0.2, 0.25) is 0 Å². The molecule has 1 rings (SSSR count). The van der Waals surface area contributed by atoms with Gasteiger partial charge in [0.1, 0.15) is 0 Å². The summed E-state index contributed by atoms with van der Waals surface area (Å²) in [7, 11) is 0. The van der Waals surface area contributed by atoms with Crippen molar-refractivity contribution in [2.45, 2.75) is 32.2 Å². The number of nitrogens with one attached hydrogen (secondary N) is 1. The van der Waals surface area contributed by atoms with Crippen molar-refractivity contribution in [3.8, 4) is 0 Å². The van der Waals surface area contributed by atoms with Gasteiger partial charge in [0, 0.05) is 12.6 Å². The summed E-state index contributed by atoms with van der Waals surface area (Å²) >= 11 is 0. The summed E-state index contributed by atoms with van der Waals surface area (Å²) in [4.78, 5) is 2.52. The number of aliphatic hydroxyl groups is 1. The summed E-state index contributed by atoms with van der Waals surface area (Å²) in [5.41, 5.74) is 0. The van der Waals surface area contributed by atoms with Crippen LogP contribution < -0.4 is 5.32 Å². The lowest BCUT2D eigenvalue weighted by molar-refractivity contribution is 0.0923. The number of likely N-dealkylation sites (tertiary alicyclic amines) is 1. The maximum atomic E-state index is 8.56. The zero-order chi connectivity index (χ0) is 11.6. The molecule has 0 aromatic carbocycles. The lowest BCUT2D eigenvalue weighted by Crippen LogP contribution is -2.33. The molecule has 96 valence electrons. The summed E-state index contributed by atoms with van der Waals surface area (Å²) < 4.78 is 5.22. The van der Waals surface area contributed by atoms with E-state index in [0.29, 0.717) is 19.3 Å². The number of hydrogen-bond donors (Lipinski definition) is 2. The molecule has 0 bridgehead atoms. The van der Waals surface area contributed by atoms with E-state index < -0.39 is 0 Å². The first-order valence-corrected chi connectivity index (χ1v) is 6.51. The van der Waals surface area contributed by atoms with Gasteiger partial charge >= 0.3 is 0 Å². The Balaban J connectivity index is 2.03. The summed E-state index contributed by atoms with van der Waals surface area (Å²) in [5.74, 6) is 0. The van der Waals surface area contributed by atoms with Crippen molar-refractivity contribution in [2.24, 2.45) is 0 Å². The minimum atomic E-state index is 0.120. The van der Waals surface area contributed by atoms with Gasteiger partial charge in [-0.25, -0.2) is 0 Å². The van der Waals surface area contributed by atoms with Crippen LogP contribution in [0, 0.1) is 0 Å². The van der Waals surface area contributed by atoms with E-state index in [1.807, 2.05) is 0 Å². The standard InChI is InChI=1S/C12H26N2O2/c1-2-14-7-3-4-12(5-8-14)13-6-10-16-11-9-15/h12-13,15H,2-11H2,1H3. The van der Waals surface area contributed by atoms with Crippen molar-refractivity contribution in [1.29, 1.82) is 0 Å². The quantitative estimate of drug-likeness (QED) is 0.624. The third-order valence-corrected chi connectivity index (χ3v) is 3.18. The summed E-state index contributed by atoms with van der Waals surface area (Å²) in [5, 5.41) is 12.1. The smallest absolute Gasteiger partial charge is 0.0698 e. The van der Waals surface area contributed by atoms with E-state index in [1.165, 1.54) is 38.9 Å². The second kappa shape index (κ2) is 8.93. The van der Waals surface area contributed by atoms with Crippen LogP contribution in [0.15, 0.2) is 0 Å². The van der Waals surface area contributed by atoms with Crippen molar-refractivity contribution in [3.63, 3.8) is 0 Å². The molecule has 0 aromatic heterocycles. The fraction of sp³-hybridized carbons (Fsp3) is 1.00. The lowest BCUT2D eigenvalue weighted by atomic mass is 10.1. The van der Waals surface area contributed by atoms with Crippen LogP contribution in [0.4, 0.5) is 0 Å². The third-order valence-electron chi connectivity index (χ3n) is 3.18. The average molecular weight is 230 g/mol. The predicted octanol–water partition coefficient (Wildman–Crippen LogP) is 0.459. The second-order valence-corrected chi connectivity index (χ2v) is 4.35. The van der Waals surface area contributed by atoms with Crippen LogP contribution >= 0.6 is 0 Å². The first kappa shape index (κ1) is 13.9. The van der Waals surface area contributed by atoms with Gasteiger partial charge in [-0.3, -0.25) is 0 Å². The molecule has 1 saturated heterocycles. The first-order valence-electron chi connectivity index (χ1n) is 6.51. The summed E-state index contributed by atoms with van der Waals surface area (Å²) in [6.45, 7) is 8.04. The molecule has 0 spiro atoms. The molecule has 1 atom stereocenters. The van der Waals surface area contributed by atoms with Gasteiger partial charge in [0.15, 0.2) is 0 Å². The highest BCUT2D eigenvalue weighted by Crippen LogP contribution is 2.10. The number of rotatable bonds is 7. The number of aliphatic hydroxyl groups excluding tert-OH is 1. The van der Waals surface area contributed by atoms with Crippen LogP contribution in [0.5, 0.6) is 0 Å². The highest BCUT2D eigenvalue weighted by atomic mass is 16.5. The zero-order valence-electron chi connectivity index (χ0n) is 10.5. The summed E-state index contributed by atoms with van der Waals surface area (Å²) in [6.07, 6.45) is 3.81. The van der Waals surface area contributed by atoms with Gasteiger partial charge in [-0.15, -0.1) is 0 Å². The summed E-state index contributed by atoms with van der Waals surface area (Å²) in [6, 6.07) is 0.647. The van der Waals surface area contributed by atoms with E-state index in [1.54, 1.807) is 0 Å². The van der Waals surface area contributed by atoms with Gasteiger partial charge in [-0.2, -0.15) is 0 Å². The Labute approximate surface area is 99.0 Å². The number of hydrogen-bond acceptors (Lipinski definition) is 4. The molecule has 1 aliphatic heterocycles. The molecule has 4 heteroatoms. The number of ether oxygens (including phenoxy) is 1. The van der Waals surface area contributed by atoms with Crippen molar-refractivity contribution in [1.82, 2.24) is 10.2 Å². The SMILES string of the molecule is CCN1CCCC(NCCOCCO)CC1. The van der Waals surface area contributed by atoms with Crippen molar-refractivity contribution in [2.75, 3.05) is 46.0 Å². The van der Waals surface area contributed by atoms with E-state index >= 15 is 0 Å². The molecular weight excluding hydrogens is 204 g/mol. The second-order valence-electron chi connectivity index (χ2n) is 4.35. The Kier molecular flexibility index (Phi) is 7.76. The van der Waals surface area contributed by atoms with Gasteiger partial charge in [-0.05, 0) is 38.9 Å². The molecular formula is C12H26N2O2. The Bertz CT molecular complexity index is 167. The lowest BCUT2D eigenvalue weighted by Gasteiger charge is -2.18. The average Bonchev–Trinajstić information content (AvgIpc) is 2.54. The van der Waals surface area contributed by atoms with Gasteiger partial charge < -0.3 is 20.1 Å². The maximum Gasteiger partial charge on any atom is 0.0698 e. The van der Waals surface area contributed by atoms with Gasteiger partial charge in [-0.1, -0.05) is 6.92 Å². The van der Waals surface area contributed by atoms with Crippen LogP contribution in [-0.4, -0.2) is 62.0 Å². The predicted molar refractivity (Wildman–Crippen MR) is 65.7 cm³/mol. The van der Waals surface area contributed by atoms with E-state index in [4.69, 9.17) is 9.84 Å². The van der Waals surface area contributed by atoms with Crippen LogP contribution in [-0.2, 0) is 4.74 Å². The van der Waals surface area contributed by atoms with E-state index in [9.17, 15) is 0 Å². The molecule has 0 amide bonds. The highest BCUT2D eigenvalue weighted by molar-refractivity contribution is 4.74. The molecule has 0 radical (unpaired) electrons. The minimum Gasteiger partial charge on any atom is -0.394 e. The Morgan fingerprint density at radius 2 is 2.19 bits per heavy atom. The topological polar surface area (TPSA) is 44.7 Å². The first-order chi connectivity index (χ1) is 7.86. The normalized spacial score (nSPS) is 23.2. The van der Waals surface area contributed by atoms with Crippen molar-refractivity contribution in [3.05, 3.63) is 0 Å². The Morgan fingerprint density at radius 3 is 2.94 bits per heavy atom. The molecule has 0 aliphatic carbocycles. The van der Waals surface area contributed by atoms with Gasteiger partial charge in [0.05, 0.1) is 19.8 Å². The zero-order valence-corrected chi connectivity index (χ0v) is 10.5. The molecule has 0 saturated carbocycles. The third kappa shape index (κ3) is 5.80. The molecule has 1 aliphatic rings. The fourth-order valence-corrected chi connectivity index (χ4v) is 2.18. The van der Waals surface area contributed by atoms with Crippen LogP contribution in [0.1, 0.15) is 26.2 Å². The molecule has 16 heavy (non-hydrogen) atoms. The Hall–Kier alpha value is -0.160. The van der Waals surface area contributed by atoms with E-state index in [0.717, 1.165) is 6.54 Å². The van der Waals surface area contributed by atoms with Crippen LogP contribution in [0.25, 0.3) is 0 Å². The monoisotopic (exact) mass is 230 g/mol.